The second kappa shape index (κ2) is 5.45. The minimum Gasteiger partial charge on any atom is -1.00 e. The van der Waals surface area contributed by atoms with Gasteiger partial charge >= 0.3 is 0 Å². The van der Waals surface area contributed by atoms with Crippen LogP contribution >= 0.6 is 0 Å². The Morgan fingerprint density at radius 2 is 2.00 bits per heavy atom. The Hall–Kier alpha value is -0.200. The van der Waals surface area contributed by atoms with Crippen LogP contribution in [-0.4, -0.2) is 5.21 Å². The molecule has 0 radical (unpaired) electrons. The van der Waals surface area contributed by atoms with Gasteiger partial charge in [0.25, 0.3) is 0 Å². The second-order valence-electron chi connectivity index (χ2n) is 2.21. The van der Waals surface area contributed by atoms with Crippen LogP contribution < -0.4 is 34.0 Å². The van der Waals surface area contributed by atoms with Gasteiger partial charge in [0.2, 0.25) is 0 Å². The van der Waals surface area contributed by atoms with Gasteiger partial charge in [-0.3, -0.25) is 0 Å². The molecule has 0 aromatic carbocycles. The quantitative estimate of drug-likeness (QED) is 0.340. The number of nitrogens with zero attached hydrogens (tertiary/aromatic N) is 1. The molecule has 1 rings (SSSR count). The van der Waals surface area contributed by atoms with Crippen molar-refractivity contribution in [3.05, 3.63) is 30.1 Å². The lowest BCUT2D eigenvalue weighted by Gasteiger charge is -1.94. The summed E-state index contributed by atoms with van der Waals surface area (Å²) in [5, 5.41) is 8.33. The van der Waals surface area contributed by atoms with Gasteiger partial charge in [0.05, 0.1) is 0 Å². The normalized spacial score (nSPS) is 8.91. The molecule has 1 aromatic rings. The molecule has 2 N–H and O–H groups in total. The van der Waals surface area contributed by atoms with E-state index < -0.39 is 0 Å². The number of aromatic nitrogens is 1. The molecule has 0 aliphatic carbocycles. The van der Waals surface area contributed by atoms with Crippen LogP contribution in [0.25, 0.3) is 0 Å². The lowest BCUT2D eigenvalue weighted by Crippen LogP contribution is -3.00. The predicted molar refractivity (Wildman–Crippen MR) is 36.2 cm³/mol. The van der Waals surface area contributed by atoms with Crippen LogP contribution in [0, 0.1) is 0 Å². The molecule has 1 heterocycles. The van der Waals surface area contributed by atoms with Crippen molar-refractivity contribution in [3.63, 3.8) is 0 Å². The zero-order valence-corrected chi connectivity index (χ0v) is 8.45. The molecule has 0 aliphatic rings. The summed E-state index contributed by atoms with van der Waals surface area (Å²) in [5.74, 6) is 0. The smallest absolute Gasteiger partial charge is 0.168 e. The van der Waals surface area contributed by atoms with Gasteiger partial charge in [-0.2, -0.15) is 0 Å². The summed E-state index contributed by atoms with van der Waals surface area (Å²) in [4.78, 5) is 0. The third kappa shape index (κ3) is 3.64. The first-order valence-corrected chi connectivity index (χ1v) is 3.14. The highest BCUT2D eigenvalue weighted by atomic mass is 127. The van der Waals surface area contributed by atoms with Gasteiger partial charge in [-0.25, -0.2) is 10.0 Å². The Bertz CT molecular complexity index is 200. The van der Waals surface area contributed by atoms with Gasteiger partial charge in [0.1, 0.15) is 7.05 Å². The van der Waals surface area contributed by atoms with E-state index in [0.717, 1.165) is 5.56 Å². The maximum absolute atomic E-state index is 8.33. The topological polar surface area (TPSA) is 36.1 Å². The number of rotatable bonds is 2. The number of hydrogen-bond donors (Lipinski definition) is 2. The molecule has 0 aliphatic heterocycles. The summed E-state index contributed by atoms with van der Waals surface area (Å²) in [7, 11) is 1.95. The fourth-order valence-electron chi connectivity index (χ4n) is 0.741. The average Bonchev–Trinajstić information content (AvgIpc) is 1.95. The summed E-state index contributed by atoms with van der Waals surface area (Å²) in [6.45, 7) is 0.501. The average molecular weight is 266 g/mol. The minimum atomic E-state index is 0. The van der Waals surface area contributed by atoms with Crippen molar-refractivity contribution in [3.8, 4) is 0 Å². The Morgan fingerprint density at radius 1 is 1.45 bits per heavy atom. The monoisotopic (exact) mass is 266 g/mol. The molecule has 62 valence electrons. The molecule has 0 fully saturated rings. The molecule has 0 atom stereocenters. The lowest BCUT2D eigenvalue weighted by atomic mass is 10.3. The maximum atomic E-state index is 8.33. The van der Waals surface area contributed by atoms with Crippen LogP contribution in [0.3, 0.4) is 0 Å². The number of hydroxylamine groups is 1. The summed E-state index contributed by atoms with van der Waals surface area (Å²) in [6.07, 6.45) is 3.87. The number of nitrogens with one attached hydrogen (secondary N) is 1. The van der Waals surface area contributed by atoms with Crippen molar-refractivity contribution in [2.45, 2.75) is 6.54 Å². The summed E-state index contributed by atoms with van der Waals surface area (Å²) in [6, 6.07) is 3.90. The molecule has 1 aromatic heterocycles. The maximum Gasteiger partial charge on any atom is 0.168 e. The highest BCUT2D eigenvalue weighted by Crippen LogP contribution is 1.91. The Kier molecular flexibility index (Phi) is 5.35. The first kappa shape index (κ1) is 10.8. The van der Waals surface area contributed by atoms with Crippen LogP contribution in [0.1, 0.15) is 5.56 Å². The minimum absolute atomic E-state index is 0. The first-order valence-electron chi connectivity index (χ1n) is 3.14. The number of hydrogen-bond acceptors (Lipinski definition) is 2. The largest absolute Gasteiger partial charge is 1.00 e. The molecular formula is C7H11IN2O. The molecule has 0 spiro atoms. The van der Waals surface area contributed by atoms with Crippen molar-refractivity contribution in [2.75, 3.05) is 0 Å². The van der Waals surface area contributed by atoms with Crippen LogP contribution in [-0.2, 0) is 13.6 Å². The van der Waals surface area contributed by atoms with Gasteiger partial charge in [-0.05, 0) is 5.56 Å². The Morgan fingerprint density at radius 3 is 2.45 bits per heavy atom. The van der Waals surface area contributed by atoms with Crippen molar-refractivity contribution in [1.82, 2.24) is 5.48 Å². The lowest BCUT2D eigenvalue weighted by molar-refractivity contribution is -0.671. The van der Waals surface area contributed by atoms with E-state index in [1.54, 1.807) is 0 Å². The van der Waals surface area contributed by atoms with E-state index in [0.29, 0.717) is 6.54 Å². The summed E-state index contributed by atoms with van der Waals surface area (Å²) >= 11 is 0. The number of pyridine rings is 1. The first-order chi connectivity index (χ1) is 4.83. The van der Waals surface area contributed by atoms with E-state index >= 15 is 0 Å². The third-order valence-corrected chi connectivity index (χ3v) is 1.33. The molecular weight excluding hydrogens is 255 g/mol. The van der Waals surface area contributed by atoms with Gasteiger partial charge in [0, 0.05) is 18.7 Å². The van der Waals surface area contributed by atoms with Gasteiger partial charge in [0.15, 0.2) is 12.4 Å². The predicted octanol–water partition coefficient (Wildman–Crippen LogP) is -3.01. The van der Waals surface area contributed by atoms with E-state index in [2.05, 4.69) is 5.48 Å². The Labute approximate surface area is 83.0 Å². The van der Waals surface area contributed by atoms with Gasteiger partial charge in [-0.15, -0.1) is 0 Å². The van der Waals surface area contributed by atoms with Crippen molar-refractivity contribution in [2.24, 2.45) is 7.05 Å². The number of halogens is 1. The molecule has 0 unspecified atom stereocenters. The van der Waals surface area contributed by atoms with E-state index in [-0.39, 0.29) is 24.0 Å². The molecule has 4 heteroatoms. The number of aryl methyl sites for hydroxylation is 1. The van der Waals surface area contributed by atoms with Crippen molar-refractivity contribution < 1.29 is 33.8 Å². The molecule has 0 bridgehead atoms. The molecule has 3 nitrogen and oxygen atoms in total. The summed E-state index contributed by atoms with van der Waals surface area (Å²) in [5.41, 5.74) is 3.16. The molecule has 0 saturated heterocycles. The van der Waals surface area contributed by atoms with Crippen LogP contribution in [0.5, 0.6) is 0 Å². The third-order valence-electron chi connectivity index (χ3n) is 1.33. The van der Waals surface area contributed by atoms with Gasteiger partial charge in [-0.1, -0.05) is 0 Å². The SMILES string of the molecule is C[n+]1ccc(CNO)cc1.[I-]. The zero-order chi connectivity index (χ0) is 7.40. The summed E-state index contributed by atoms with van der Waals surface area (Å²) < 4.78 is 1.95. The van der Waals surface area contributed by atoms with E-state index in [1.807, 2.05) is 36.1 Å². The fourth-order valence-corrected chi connectivity index (χ4v) is 0.741. The van der Waals surface area contributed by atoms with E-state index in [4.69, 9.17) is 5.21 Å². The molecule has 0 amide bonds. The van der Waals surface area contributed by atoms with Crippen LogP contribution in [0.15, 0.2) is 24.5 Å². The fraction of sp³-hybridized carbons (Fsp3) is 0.286. The van der Waals surface area contributed by atoms with Gasteiger partial charge < -0.3 is 29.2 Å². The highest BCUT2D eigenvalue weighted by Gasteiger charge is 1.92. The van der Waals surface area contributed by atoms with E-state index in [1.165, 1.54) is 0 Å². The van der Waals surface area contributed by atoms with Crippen molar-refractivity contribution in [1.29, 1.82) is 0 Å². The zero-order valence-electron chi connectivity index (χ0n) is 6.29. The van der Waals surface area contributed by atoms with Crippen LogP contribution in [0.2, 0.25) is 0 Å². The molecule has 11 heavy (non-hydrogen) atoms. The second-order valence-corrected chi connectivity index (χ2v) is 2.21. The standard InChI is InChI=1S/C7H11N2O.HI/c1-9-4-2-7(3-5-9)6-8-10;/h2-5,8,10H,6H2,1H3;1H/q+1;/p-1. The Balaban J connectivity index is 0.000001000. The van der Waals surface area contributed by atoms with Crippen molar-refractivity contribution >= 4 is 0 Å². The molecule has 0 saturated carbocycles. The van der Waals surface area contributed by atoms with E-state index in [9.17, 15) is 0 Å². The van der Waals surface area contributed by atoms with Crippen LogP contribution in [0.4, 0.5) is 0 Å². The highest BCUT2D eigenvalue weighted by molar-refractivity contribution is 5.05.